The molecule has 2 nitrogen and oxygen atoms in total. The van der Waals surface area contributed by atoms with Gasteiger partial charge in [-0.3, -0.25) is 0 Å². The Balaban J connectivity index is 2.11. The third kappa shape index (κ3) is 3.11. The molecule has 1 fully saturated rings. The van der Waals surface area contributed by atoms with Crippen LogP contribution < -0.4 is 0 Å². The zero-order valence-corrected chi connectivity index (χ0v) is 8.08. The second-order valence-electron chi connectivity index (χ2n) is 3.12. The Morgan fingerprint density at radius 3 is 2.42 bits per heavy atom. The van der Waals surface area contributed by atoms with Crippen molar-refractivity contribution in [2.75, 3.05) is 13.2 Å². The first-order valence-electron chi connectivity index (χ1n) is 4.93. The highest BCUT2D eigenvalue weighted by atomic mass is 16.5. The summed E-state index contributed by atoms with van der Waals surface area (Å²) >= 11 is 0. The van der Waals surface area contributed by atoms with Crippen molar-refractivity contribution >= 4 is 0 Å². The Morgan fingerprint density at radius 2 is 1.92 bits per heavy atom. The molecular weight excluding hydrogens is 152 g/mol. The number of ether oxygens (including phenoxy) is 2. The lowest BCUT2D eigenvalue weighted by atomic mass is 9.95. The average Bonchev–Trinajstić information content (AvgIpc) is 2.09. The van der Waals surface area contributed by atoms with E-state index in [9.17, 15) is 0 Å². The van der Waals surface area contributed by atoms with E-state index >= 15 is 0 Å². The van der Waals surface area contributed by atoms with Crippen LogP contribution in [0.1, 0.15) is 33.1 Å². The highest BCUT2D eigenvalue weighted by Gasteiger charge is 2.21. The van der Waals surface area contributed by atoms with Crippen LogP contribution >= 0.6 is 0 Å². The van der Waals surface area contributed by atoms with Gasteiger partial charge in [0.25, 0.3) is 0 Å². The summed E-state index contributed by atoms with van der Waals surface area (Å²) in [6.07, 6.45) is 6.40. The third-order valence-corrected chi connectivity index (χ3v) is 2.22. The van der Waals surface area contributed by atoms with Gasteiger partial charge in [-0.1, -0.05) is 0 Å². The van der Waals surface area contributed by atoms with E-state index in [0.29, 0.717) is 12.2 Å². The van der Waals surface area contributed by atoms with E-state index in [-0.39, 0.29) is 0 Å². The maximum absolute atomic E-state index is 5.52. The van der Waals surface area contributed by atoms with Gasteiger partial charge >= 0.3 is 0 Å². The van der Waals surface area contributed by atoms with Crippen molar-refractivity contribution in [3.63, 3.8) is 0 Å². The summed E-state index contributed by atoms with van der Waals surface area (Å²) in [7, 11) is 0. The van der Waals surface area contributed by atoms with Crippen LogP contribution in [0.2, 0.25) is 0 Å². The molecule has 0 aromatic rings. The molecule has 1 radical (unpaired) electrons. The summed E-state index contributed by atoms with van der Waals surface area (Å²) in [5, 5.41) is 0. The van der Waals surface area contributed by atoms with Gasteiger partial charge in [0.15, 0.2) is 0 Å². The number of hydrogen-bond acceptors (Lipinski definition) is 2. The van der Waals surface area contributed by atoms with Gasteiger partial charge in [0, 0.05) is 13.2 Å². The van der Waals surface area contributed by atoms with Crippen LogP contribution in [0.25, 0.3) is 0 Å². The SMILES string of the molecule is CCOC1[CH]CC(OCC)CC1. The van der Waals surface area contributed by atoms with E-state index < -0.39 is 0 Å². The fraction of sp³-hybridized carbons (Fsp3) is 0.900. The monoisotopic (exact) mass is 171 g/mol. The maximum atomic E-state index is 5.52. The Hall–Kier alpha value is -0.0800. The van der Waals surface area contributed by atoms with Gasteiger partial charge in [0.05, 0.1) is 12.2 Å². The summed E-state index contributed by atoms with van der Waals surface area (Å²) in [5.74, 6) is 0. The second-order valence-corrected chi connectivity index (χ2v) is 3.12. The molecule has 0 heterocycles. The minimum Gasteiger partial charge on any atom is -0.378 e. The van der Waals surface area contributed by atoms with Gasteiger partial charge in [0.2, 0.25) is 0 Å². The lowest BCUT2D eigenvalue weighted by Gasteiger charge is -2.27. The van der Waals surface area contributed by atoms with Crippen molar-refractivity contribution in [1.82, 2.24) is 0 Å². The number of hydrogen-bond donors (Lipinski definition) is 0. The Morgan fingerprint density at radius 1 is 1.17 bits per heavy atom. The first-order chi connectivity index (χ1) is 5.86. The molecule has 12 heavy (non-hydrogen) atoms. The first kappa shape index (κ1) is 10.0. The van der Waals surface area contributed by atoms with Crippen LogP contribution in [0, 0.1) is 6.42 Å². The van der Waals surface area contributed by atoms with Gasteiger partial charge in [-0.05, 0) is 39.5 Å². The molecule has 0 saturated heterocycles. The molecule has 0 aromatic carbocycles. The van der Waals surface area contributed by atoms with Crippen LogP contribution in [0.4, 0.5) is 0 Å². The van der Waals surface area contributed by atoms with E-state index in [0.717, 1.165) is 32.5 Å². The van der Waals surface area contributed by atoms with Gasteiger partial charge in [-0.15, -0.1) is 0 Å². The zero-order valence-electron chi connectivity index (χ0n) is 8.08. The normalized spacial score (nSPS) is 30.5. The van der Waals surface area contributed by atoms with E-state index in [2.05, 4.69) is 13.3 Å². The van der Waals surface area contributed by atoms with E-state index in [1.54, 1.807) is 0 Å². The summed E-state index contributed by atoms with van der Waals surface area (Å²) in [4.78, 5) is 0. The Kier molecular flexibility index (Phi) is 4.62. The van der Waals surface area contributed by atoms with E-state index in [1.165, 1.54) is 0 Å². The van der Waals surface area contributed by atoms with Crippen LogP contribution in [0.5, 0.6) is 0 Å². The highest BCUT2D eigenvalue weighted by Crippen LogP contribution is 2.22. The number of rotatable bonds is 4. The maximum Gasteiger partial charge on any atom is 0.0608 e. The van der Waals surface area contributed by atoms with Gasteiger partial charge in [0.1, 0.15) is 0 Å². The quantitative estimate of drug-likeness (QED) is 0.645. The van der Waals surface area contributed by atoms with E-state index in [1.807, 2.05) is 6.92 Å². The largest absolute Gasteiger partial charge is 0.378 e. The molecule has 0 amide bonds. The van der Waals surface area contributed by atoms with Gasteiger partial charge in [-0.25, -0.2) is 0 Å². The predicted octanol–water partition coefficient (Wildman–Crippen LogP) is 2.18. The smallest absolute Gasteiger partial charge is 0.0608 e. The molecule has 0 bridgehead atoms. The molecule has 2 atom stereocenters. The Bertz CT molecular complexity index is 92.4. The van der Waals surface area contributed by atoms with Crippen LogP contribution in [-0.2, 0) is 9.47 Å². The highest BCUT2D eigenvalue weighted by molar-refractivity contribution is 4.86. The molecule has 0 N–H and O–H groups in total. The molecule has 1 saturated carbocycles. The summed E-state index contributed by atoms with van der Waals surface area (Å²) in [6.45, 7) is 5.75. The minimum absolute atomic E-state index is 0.381. The fourth-order valence-corrected chi connectivity index (χ4v) is 1.64. The molecule has 0 spiro atoms. The van der Waals surface area contributed by atoms with Crippen molar-refractivity contribution in [3.05, 3.63) is 6.42 Å². The van der Waals surface area contributed by atoms with Crippen LogP contribution in [-0.4, -0.2) is 25.4 Å². The lowest BCUT2D eigenvalue weighted by Crippen LogP contribution is -2.27. The molecule has 2 heteroatoms. The fourth-order valence-electron chi connectivity index (χ4n) is 1.64. The minimum atomic E-state index is 0.381. The van der Waals surface area contributed by atoms with Crippen molar-refractivity contribution in [2.45, 2.75) is 45.3 Å². The van der Waals surface area contributed by atoms with Crippen molar-refractivity contribution < 1.29 is 9.47 Å². The third-order valence-electron chi connectivity index (χ3n) is 2.22. The Labute approximate surface area is 75.2 Å². The molecule has 1 aliphatic carbocycles. The molecular formula is C10H19O2. The van der Waals surface area contributed by atoms with E-state index in [4.69, 9.17) is 9.47 Å². The second kappa shape index (κ2) is 5.55. The van der Waals surface area contributed by atoms with Crippen molar-refractivity contribution in [3.8, 4) is 0 Å². The topological polar surface area (TPSA) is 18.5 Å². The molecule has 1 aliphatic rings. The van der Waals surface area contributed by atoms with Crippen LogP contribution in [0.15, 0.2) is 0 Å². The lowest BCUT2D eigenvalue weighted by molar-refractivity contribution is 0.00143. The summed E-state index contributed by atoms with van der Waals surface area (Å²) < 4.78 is 11.0. The van der Waals surface area contributed by atoms with Crippen molar-refractivity contribution in [2.24, 2.45) is 0 Å². The molecule has 71 valence electrons. The van der Waals surface area contributed by atoms with Crippen molar-refractivity contribution in [1.29, 1.82) is 0 Å². The average molecular weight is 171 g/mol. The van der Waals surface area contributed by atoms with Crippen LogP contribution in [0.3, 0.4) is 0 Å². The van der Waals surface area contributed by atoms with Gasteiger partial charge < -0.3 is 9.47 Å². The molecule has 0 aliphatic heterocycles. The summed E-state index contributed by atoms with van der Waals surface area (Å²) in [5.41, 5.74) is 0. The standard InChI is InChI=1S/C10H19O2/c1-3-11-9-5-7-10(8-6-9)12-4-2/h5,9-10H,3-4,6-8H2,1-2H3. The summed E-state index contributed by atoms with van der Waals surface area (Å²) in [6, 6.07) is 0. The zero-order chi connectivity index (χ0) is 8.81. The molecule has 2 unspecified atom stereocenters. The van der Waals surface area contributed by atoms with Gasteiger partial charge in [-0.2, -0.15) is 0 Å². The first-order valence-corrected chi connectivity index (χ1v) is 4.93. The molecule has 1 rings (SSSR count). The predicted molar refractivity (Wildman–Crippen MR) is 49.0 cm³/mol. The molecule has 0 aromatic heterocycles.